The maximum atomic E-state index is 11.4. The molecule has 7 heteroatoms. The summed E-state index contributed by atoms with van der Waals surface area (Å²) >= 11 is 1.20. The quantitative estimate of drug-likeness (QED) is 0.781. The summed E-state index contributed by atoms with van der Waals surface area (Å²) in [6, 6.07) is 5.44. The Bertz CT molecular complexity index is 694. The maximum Gasteiger partial charge on any atom is 0.491 e. The van der Waals surface area contributed by atoms with E-state index in [-0.39, 0.29) is 5.12 Å². The first-order valence-corrected chi connectivity index (χ1v) is 8.69. The van der Waals surface area contributed by atoms with Crippen LogP contribution in [0.5, 0.6) is 0 Å². The monoisotopic (exact) mass is 344 g/mol. The molecule has 0 radical (unpaired) electrons. The second kappa shape index (κ2) is 7.10. The molecule has 126 valence electrons. The second-order valence-electron chi connectivity index (χ2n) is 6.67. The number of thioether (sulfide) groups is 1. The standard InChI is InChI=1S/C17H21BN2O3S/c1-12(21)24-11-14(9-15-8-13(10-19)6-7-20-15)18-22-16(2,3)17(4,5)23-18/h6-9H,11H2,1-5H3. The minimum atomic E-state index is -0.547. The fourth-order valence-electron chi connectivity index (χ4n) is 2.14. The highest BCUT2D eigenvalue weighted by molar-refractivity contribution is 8.13. The number of rotatable bonds is 4. The Kier molecular flexibility index (Phi) is 5.54. The highest BCUT2D eigenvalue weighted by Crippen LogP contribution is 2.39. The molecule has 2 heterocycles. The summed E-state index contributed by atoms with van der Waals surface area (Å²) in [7, 11) is -0.547. The van der Waals surface area contributed by atoms with Crippen molar-refractivity contribution in [1.82, 2.24) is 4.98 Å². The Morgan fingerprint density at radius 3 is 2.54 bits per heavy atom. The molecule has 0 unspecified atom stereocenters. The third-order valence-electron chi connectivity index (χ3n) is 4.24. The fourth-order valence-corrected chi connectivity index (χ4v) is 2.73. The molecule has 0 spiro atoms. The summed E-state index contributed by atoms with van der Waals surface area (Å²) in [5.41, 5.74) is 1.07. The predicted molar refractivity (Wildman–Crippen MR) is 96.2 cm³/mol. The minimum absolute atomic E-state index is 0.0242. The smallest absolute Gasteiger partial charge is 0.400 e. The van der Waals surface area contributed by atoms with Gasteiger partial charge in [-0.15, -0.1) is 0 Å². The summed E-state index contributed by atoms with van der Waals surface area (Å²) < 4.78 is 12.2. The molecule has 2 rings (SSSR count). The summed E-state index contributed by atoms with van der Waals surface area (Å²) in [5.74, 6) is 0.449. The molecule has 1 aromatic heterocycles. The first-order valence-electron chi connectivity index (χ1n) is 7.70. The summed E-state index contributed by atoms with van der Waals surface area (Å²) in [6.45, 7) is 9.46. The van der Waals surface area contributed by atoms with Gasteiger partial charge in [-0.05, 0) is 51.4 Å². The zero-order chi connectivity index (χ0) is 18.0. The van der Waals surface area contributed by atoms with Crippen LogP contribution in [0.3, 0.4) is 0 Å². The first-order chi connectivity index (χ1) is 11.1. The van der Waals surface area contributed by atoms with E-state index in [4.69, 9.17) is 14.6 Å². The van der Waals surface area contributed by atoms with E-state index in [1.165, 1.54) is 18.7 Å². The molecule has 0 N–H and O–H groups in total. The maximum absolute atomic E-state index is 11.4. The highest BCUT2D eigenvalue weighted by atomic mass is 32.2. The van der Waals surface area contributed by atoms with Gasteiger partial charge in [0.1, 0.15) is 0 Å². The molecule has 0 bridgehead atoms. The molecular formula is C17H21BN2O3S. The fraction of sp³-hybridized carbons (Fsp3) is 0.471. The summed E-state index contributed by atoms with van der Waals surface area (Å²) in [5, 5.41) is 9.05. The lowest BCUT2D eigenvalue weighted by Crippen LogP contribution is -2.41. The zero-order valence-corrected chi connectivity index (χ0v) is 15.4. The third kappa shape index (κ3) is 4.26. The number of carbonyl (C=O) groups excluding carboxylic acids is 1. The molecule has 1 saturated heterocycles. The topological polar surface area (TPSA) is 72.2 Å². The molecule has 1 fully saturated rings. The summed E-state index contributed by atoms with van der Waals surface area (Å²) in [4.78, 5) is 15.6. The Balaban J connectivity index is 2.33. The number of hydrogen-bond donors (Lipinski definition) is 0. The van der Waals surface area contributed by atoms with Gasteiger partial charge in [0.15, 0.2) is 5.12 Å². The largest absolute Gasteiger partial charge is 0.491 e. The Morgan fingerprint density at radius 1 is 1.38 bits per heavy atom. The van der Waals surface area contributed by atoms with Crippen LogP contribution in [-0.2, 0) is 14.1 Å². The van der Waals surface area contributed by atoms with E-state index in [0.717, 1.165) is 5.47 Å². The Hall–Kier alpha value is -1.62. The van der Waals surface area contributed by atoms with Crippen LogP contribution in [0, 0.1) is 11.3 Å². The number of carbonyl (C=O) groups is 1. The van der Waals surface area contributed by atoms with Gasteiger partial charge < -0.3 is 9.31 Å². The van der Waals surface area contributed by atoms with Crippen LogP contribution in [0.4, 0.5) is 0 Å². The van der Waals surface area contributed by atoms with Gasteiger partial charge in [0.05, 0.1) is 28.5 Å². The van der Waals surface area contributed by atoms with Crippen molar-refractivity contribution in [3.63, 3.8) is 0 Å². The van der Waals surface area contributed by atoms with Crippen LogP contribution in [0.25, 0.3) is 6.08 Å². The average Bonchev–Trinajstić information content (AvgIpc) is 2.71. The second-order valence-corrected chi connectivity index (χ2v) is 7.82. The SMILES string of the molecule is CC(=O)SCC(=Cc1cc(C#N)ccn1)B1OC(C)(C)C(C)(C)O1. The van der Waals surface area contributed by atoms with Crippen molar-refractivity contribution in [2.24, 2.45) is 0 Å². The lowest BCUT2D eigenvalue weighted by atomic mass is 9.78. The lowest BCUT2D eigenvalue weighted by Gasteiger charge is -2.32. The van der Waals surface area contributed by atoms with Gasteiger partial charge in [0, 0.05) is 18.9 Å². The first kappa shape index (κ1) is 18.7. The van der Waals surface area contributed by atoms with Gasteiger partial charge in [0.25, 0.3) is 0 Å². The molecule has 5 nitrogen and oxygen atoms in total. The van der Waals surface area contributed by atoms with E-state index in [2.05, 4.69) is 11.1 Å². The molecule has 1 aliphatic rings. The molecule has 0 atom stereocenters. The molecule has 0 aliphatic carbocycles. The predicted octanol–water partition coefficient (Wildman–Crippen LogP) is 3.25. The van der Waals surface area contributed by atoms with Crippen LogP contribution < -0.4 is 0 Å². The van der Waals surface area contributed by atoms with Gasteiger partial charge in [-0.25, -0.2) is 0 Å². The van der Waals surface area contributed by atoms with E-state index >= 15 is 0 Å². The summed E-state index contributed by atoms with van der Waals surface area (Å²) in [6.07, 6.45) is 3.42. The van der Waals surface area contributed by atoms with E-state index in [1.54, 1.807) is 18.3 Å². The number of pyridine rings is 1. The third-order valence-corrected chi connectivity index (χ3v) is 5.13. The van der Waals surface area contributed by atoms with Crippen molar-refractivity contribution in [3.05, 3.63) is 35.1 Å². The Morgan fingerprint density at radius 2 is 2.00 bits per heavy atom. The van der Waals surface area contributed by atoms with Gasteiger partial charge in [-0.1, -0.05) is 11.8 Å². The van der Waals surface area contributed by atoms with Crippen LogP contribution >= 0.6 is 11.8 Å². The van der Waals surface area contributed by atoms with E-state index in [9.17, 15) is 4.79 Å². The van der Waals surface area contributed by atoms with Gasteiger partial charge in [0.2, 0.25) is 0 Å². The molecule has 1 aromatic rings. The number of aromatic nitrogens is 1. The van der Waals surface area contributed by atoms with Crippen LogP contribution in [-0.4, -0.2) is 34.2 Å². The Labute approximate surface area is 147 Å². The van der Waals surface area contributed by atoms with Crippen molar-refractivity contribution in [1.29, 1.82) is 5.26 Å². The normalized spacial score (nSPS) is 19.2. The molecule has 24 heavy (non-hydrogen) atoms. The van der Waals surface area contributed by atoms with Crippen LogP contribution in [0.1, 0.15) is 45.9 Å². The molecule has 1 aliphatic heterocycles. The van der Waals surface area contributed by atoms with Gasteiger partial charge in [-0.2, -0.15) is 5.26 Å². The van der Waals surface area contributed by atoms with Gasteiger partial charge in [-0.3, -0.25) is 9.78 Å². The number of nitrogens with zero attached hydrogens (tertiary/aromatic N) is 2. The van der Waals surface area contributed by atoms with E-state index in [1.807, 2.05) is 33.8 Å². The van der Waals surface area contributed by atoms with Crippen molar-refractivity contribution in [3.8, 4) is 6.07 Å². The molecule has 0 amide bonds. The molecular weight excluding hydrogens is 323 g/mol. The van der Waals surface area contributed by atoms with E-state index < -0.39 is 18.3 Å². The highest BCUT2D eigenvalue weighted by Gasteiger charge is 2.52. The zero-order valence-electron chi connectivity index (χ0n) is 14.6. The van der Waals surface area contributed by atoms with E-state index in [0.29, 0.717) is 17.0 Å². The van der Waals surface area contributed by atoms with Crippen molar-refractivity contribution < 1.29 is 14.1 Å². The van der Waals surface area contributed by atoms with Crippen molar-refractivity contribution in [2.45, 2.75) is 45.8 Å². The van der Waals surface area contributed by atoms with Crippen molar-refractivity contribution in [2.75, 3.05) is 5.75 Å². The van der Waals surface area contributed by atoms with Crippen LogP contribution in [0.2, 0.25) is 0 Å². The van der Waals surface area contributed by atoms with Gasteiger partial charge >= 0.3 is 7.12 Å². The van der Waals surface area contributed by atoms with Crippen LogP contribution in [0.15, 0.2) is 23.8 Å². The minimum Gasteiger partial charge on any atom is -0.400 e. The van der Waals surface area contributed by atoms with Crippen molar-refractivity contribution >= 4 is 30.1 Å². The lowest BCUT2D eigenvalue weighted by molar-refractivity contribution is -0.109. The number of nitriles is 1. The number of hydrogen-bond acceptors (Lipinski definition) is 6. The molecule has 0 aromatic carbocycles. The average molecular weight is 344 g/mol. The molecule has 0 saturated carbocycles.